The van der Waals surface area contributed by atoms with Crippen molar-refractivity contribution in [1.82, 2.24) is 0 Å². The van der Waals surface area contributed by atoms with E-state index < -0.39 is 8.07 Å². The highest BCUT2D eigenvalue weighted by molar-refractivity contribution is 7.81. The van der Waals surface area contributed by atoms with Gasteiger partial charge in [-0.3, -0.25) is 0 Å². The summed E-state index contributed by atoms with van der Waals surface area (Å²) >= 11 is 5.49. The molecule has 3 heteroatoms. The third-order valence-electron chi connectivity index (χ3n) is 2.26. The monoisotopic (exact) mass is 254 g/mol. The second-order valence-electron chi connectivity index (χ2n) is 6.23. The first kappa shape index (κ1) is 13.7. The van der Waals surface area contributed by atoms with Crippen molar-refractivity contribution in [3.05, 3.63) is 23.1 Å². The van der Waals surface area contributed by atoms with Gasteiger partial charge in [0.2, 0.25) is 0 Å². The van der Waals surface area contributed by atoms with E-state index in [2.05, 4.69) is 52.6 Å². The Balaban J connectivity index is 3.16. The summed E-state index contributed by atoms with van der Waals surface area (Å²) in [6.07, 6.45) is 5.09. The number of rotatable bonds is 2. The summed E-state index contributed by atoms with van der Waals surface area (Å²) in [5.74, 6) is 1.00. The summed E-state index contributed by atoms with van der Waals surface area (Å²) in [4.78, 5) is 1.07. The lowest BCUT2D eigenvalue weighted by Crippen LogP contribution is -2.33. The van der Waals surface area contributed by atoms with E-state index in [1.807, 2.05) is 0 Å². The predicted octanol–water partition coefficient (Wildman–Crippen LogP) is 4.26. The highest BCUT2D eigenvalue weighted by atomic mass is 32.1. The quantitative estimate of drug-likeness (QED) is 0.538. The molecule has 0 unspecified atom stereocenters. The van der Waals surface area contributed by atoms with Crippen molar-refractivity contribution in [2.45, 2.75) is 52.4 Å². The number of hydrogen-bond donors (Lipinski definition) is 0. The van der Waals surface area contributed by atoms with Gasteiger partial charge in [-0.2, -0.15) is 0 Å². The Hall–Kier alpha value is -0.413. The molecule has 0 radical (unpaired) electrons. The molecule has 0 aliphatic heterocycles. The normalized spacial score (nSPS) is 18.0. The van der Waals surface area contributed by atoms with Crippen LogP contribution in [0, 0.1) is 0 Å². The van der Waals surface area contributed by atoms with Crippen LogP contribution in [0.25, 0.3) is 0 Å². The van der Waals surface area contributed by atoms with Crippen molar-refractivity contribution in [3.63, 3.8) is 0 Å². The minimum absolute atomic E-state index is 0.155. The Labute approximate surface area is 106 Å². The topological polar surface area (TPSA) is 9.23 Å². The number of ether oxygens (including phenoxy) is 1. The van der Waals surface area contributed by atoms with Crippen LogP contribution in [0.1, 0.15) is 27.2 Å². The van der Waals surface area contributed by atoms with Crippen LogP contribution in [0.15, 0.2) is 23.1 Å². The van der Waals surface area contributed by atoms with Gasteiger partial charge < -0.3 is 4.74 Å². The smallest absolute Gasteiger partial charge is 0.120 e. The van der Waals surface area contributed by atoms with Gasteiger partial charge in [0.05, 0.1) is 8.07 Å². The van der Waals surface area contributed by atoms with E-state index in [-0.39, 0.29) is 5.60 Å². The maximum absolute atomic E-state index is 6.03. The Kier molecular flexibility index (Phi) is 3.80. The van der Waals surface area contributed by atoms with Gasteiger partial charge in [0.1, 0.15) is 11.4 Å². The molecule has 1 aliphatic carbocycles. The lowest BCUT2D eigenvalue weighted by molar-refractivity contribution is 0.0594. The average molecular weight is 254 g/mol. The van der Waals surface area contributed by atoms with E-state index in [1.165, 1.54) is 5.20 Å². The second-order valence-corrected chi connectivity index (χ2v) is 11.7. The molecule has 0 heterocycles. The van der Waals surface area contributed by atoms with E-state index in [9.17, 15) is 0 Å². The first-order valence-corrected chi connectivity index (χ1v) is 9.65. The Morgan fingerprint density at radius 2 is 1.81 bits per heavy atom. The highest BCUT2D eigenvalue weighted by Gasteiger charge is 2.29. The minimum Gasteiger partial charge on any atom is -0.488 e. The fourth-order valence-corrected chi connectivity index (χ4v) is 4.73. The van der Waals surface area contributed by atoms with Crippen LogP contribution in [-0.4, -0.2) is 18.5 Å². The van der Waals surface area contributed by atoms with Crippen LogP contribution in [0.4, 0.5) is 0 Å². The summed E-state index contributed by atoms with van der Waals surface area (Å²) < 4.78 is 6.03. The first-order chi connectivity index (χ1) is 7.11. The summed E-state index contributed by atoms with van der Waals surface area (Å²) in [5.41, 5.74) is -0.155. The van der Waals surface area contributed by atoms with E-state index in [0.717, 1.165) is 17.0 Å². The molecule has 0 N–H and O–H groups in total. The molecular formula is C13H22OSSi. The molecule has 0 bridgehead atoms. The third kappa shape index (κ3) is 3.56. The minimum atomic E-state index is -1.42. The summed E-state index contributed by atoms with van der Waals surface area (Å²) in [5, 5.41) is 1.32. The Bertz CT molecular complexity index is 353. The standard InChI is InChI=1S/C13H22OSSi/c1-13(2,3)14-10-8-7-9-11(15)12(10)16(4,5)6/h7-8H,9H2,1-6H3. The molecule has 1 rings (SSSR count). The van der Waals surface area contributed by atoms with Crippen molar-refractivity contribution in [3.8, 4) is 0 Å². The SMILES string of the molecule is CC(C)(C)OC1=C([Si](C)(C)C)C(=S)CC=C1. The zero-order valence-corrected chi connectivity index (χ0v) is 13.0. The van der Waals surface area contributed by atoms with E-state index >= 15 is 0 Å². The van der Waals surface area contributed by atoms with E-state index in [0.29, 0.717) is 0 Å². The van der Waals surface area contributed by atoms with Gasteiger partial charge in [-0.1, -0.05) is 37.9 Å². The summed E-state index contributed by atoms with van der Waals surface area (Å²) in [7, 11) is -1.42. The summed E-state index contributed by atoms with van der Waals surface area (Å²) in [6.45, 7) is 13.2. The molecule has 0 aromatic rings. The zero-order valence-electron chi connectivity index (χ0n) is 11.2. The van der Waals surface area contributed by atoms with Crippen LogP contribution in [0.5, 0.6) is 0 Å². The fourth-order valence-electron chi connectivity index (χ4n) is 1.80. The number of hydrogen-bond acceptors (Lipinski definition) is 2. The van der Waals surface area contributed by atoms with Gasteiger partial charge in [0.25, 0.3) is 0 Å². The second kappa shape index (κ2) is 4.45. The molecular weight excluding hydrogens is 232 g/mol. The first-order valence-electron chi connectivity index (χ1n) is 5.75. The fraction of sp³-hybridized carbons (Fsp3) is 0.615. The molecule has 0 fully saturated rings. The predicted molar refractivity (Wildman–Crippen MR) is 77.6 cm³/mol. The van der Waals surface area contributed by atoms with Crippen LogP contribution in [0.2, 0.25) is 19.6 Å². The van der Waals surface area contributed by atoms with Crippen LogP contribution in [-0.2, 0) is 4.74 Å². The molecule has 0 aromatic carbocycles. The molecule has 0 amide bonds. The van der Waals surface area contributed by atoms with Gasteiger partial charge in [0, 0.05) is 11.3 Å². The van der Waals surface area contributed by atoms with Gasteiger partial charge in [-0.15, -0.1) is 0 Å². The van der Waals surface area contributed by atoms with Crippen molar-refractivity contribution in [2.75, 3.05) is 0 Å². The number of allylic oxidation sites excluding steroid dienone is 3. The molecule has 1 nitrogen and oxygen atoms in total. The van der Waals surface area contributed by atoms with Gasteiger partial charge in [-0.05, 0) is 32.0 Å². The molecule has 0 aromatic heterocycles. The molecule has 0 saturated carbocycles. The Morgan fingerprint density at radius 1 is 1.25 bits per heavy atom. The van der Waals surface area contributed by atoms with E-state index in [1.54, 1.807) is 0 Å². The highest BCUT2D eigenvalue weighted by Crippen LogP contribution is 2.29. The maximum atomic E-state index is 6.03. The van der Waals surface area contributed by atoms with Crippen molar-refractivity contribution < 1.29 is 4.74 Å². The van der Waals surface area contributed by atoms with Gasteiger partial charge in [0.15, 0.2) is 0 Å². The molecule has 1 aliphatic rings. The molecule has 0 atom stereocenters. The largest absolute Gasteiger partial charge is 0.488 e. The number of thiocarbonyl (C=S) groups is 1. The lowest BCUT2D eigenvalue weighted by Gasteiger charge is -2.31. The van der Waals surface area contributed by atoms with Crippen LogP contribution < -0.4 is 0 Å². The zero-order chi connectivity index (χ0) is 12.6. The summed E-state index contributed by atoms with van der Waals surface area (Å²) in [6, 6.07) is 0. The molecule has 16 heavy (non-hydrogen) atoms. The lowest BCUT2D eigenvalue weighted by atomic mass is 10.1. The third-order valence-corrected chi connectivity index (χ3v) is 4.86. The van der Waals surface area contributed by atoms with Crippen LogP contribution >= 0.6 is 12.2 Å². The van der Waals surface area contributed by atoms with Gasteiger partial charge >= 0.3 is 0 Å². The van der Waals surface area contributed by atoms with Crippen molar-refractivity contribution >= 4 is 25.2 Å². The molecule has 0 spiro atoms. The van der Waals surface area contributed by atoms with Crippen molar-refractivity contribution in [2.24, 2.45) is 0 Å². The molecule has 90 valence electrons. The van der Waals surface area contributed by atoms with E-state index in [4.69, 9.17) is 17.0 Å². The van der Waals surface area contributed by atoms with Crippen LogP contribution in [0.3, 0.4) is 0 Å². The Morgan fingerprint density at radius 3 is 2.25 bits per heavy atom. The van der Waals surface area contributed by atoms with Gasteiger partial charge in [-0.25, -0.2) is 0 Å². The molecule has 0 saturated heterocycles. The average Bonchev–Trinajstić information content (AvgIpc) is 1.97. The maximum Gasteiger partial charge on any atom is 0.120 e. The van der Waals surface area contributed by atoms with Crippen molar-refractivity contribution in [1.29, 1.82) is 0 Å².